The van der Waals surface area contributed by atoms with E-state index < -0.39 is 0 Å². The summed E-state index contributed by atoms with van der Waals surface area (Å²) in [6, 6.07) is 4.99. The monoisotopic (exact) mass is 236 g/mol. The lowest BCUT2D eigenvalue weighted by atomic mass is 10.0. The van der Waals surface area contributed by atoms with Crippen LogP contribution in [0, 0.1) is 12.8 Å². The summed E-state index contributed by atoms with van der Waals surface area (Å²) in [6.45, 7) is 5.72. The summed E-state index contributed by atoms with van der Waals surface area (Å²) in [5.74, 6) is -0.0146. The van der Waals surface area contributed by atoms with Crippen LogP contribution in [0.3, 0.4) is 0 Å². The summed E-state index contributed by atoms with van der Waals surface area (Å²) in [7, 11) is 0. The molecule has 4 heteroatoms. The Morgan fingerprint density at radius 3 is 2.53 bits per heavy atom. The molecule has 0 bridgehead atoms. The van der Waals surface area contributed by atoms with E-state index >= 15 is 0 Å². The molecule has 0 saturated carbocycles. The number of aliphatic hydroxyl groups is 1. The van der Waals surface area contributed by atoms with E-state index in [1.54, 1.807) is 12.1 Å². The van der Waals surface area contributed by atoms with Crippen LogP contribution < -0.4 is 11.1 Å². The molecule has 0 saturated heterocycles. The average molecular weight is 236 g/mol. The highest BCUT2D eigenvalue weighted by Crippen LogP contribution is 2.12. The van der Waals surface area contributed by atoms with Gasteiger partial charge in [0.2, 0.25) is 0 Å². The zero-order valence-electron chi connectivity index (χ0n) is 10.5. The van der Waals surface area contributed by atoms with Crippen molar-refractivity contribution in [3.63, 3.8) is 0 Å². The van der Waals surface area contributed by atoms with E-state index in [4.69, 9.17) is 10.8 Å². The fourth-order valence-electron chi connectivity index (χ4n) is 1.62. The molecule has 0 aliphatic carbocycles. The third-order valence-electron chi connectivity index (χ3n) is 2.68. The first-order valence-electron chi connectivity index (χ1n) is 5.73. The first-order chi connectivity index (χ1) is 7.93. The van der Waals surface area contributed by atoms with Crippen molar-refractivity contribution in [3.05, 3.63) is 29.3 Å². The van der Waals surface area contributed by atoms with Crippen molar-refractivity contribution in [1.82, 2.24) is 5.32 Å². The first kappa shape index (κ1) is 13.5. The topological polar surface area (TPSA) is 75.4 Å². The van der Waals surface area contributed by atoms with Gasteiger partial charge in [-0.3, -0.25) is 4.79 Å². The number of hydrogen-bond donors (Lipinski definition) is 3. The molecule has 4 N–H and O–H groups in total. The van der Waals surface area contributed by atoms with E-state index in [0.717, 1.165) is 5.56 Å². The smallest absolute Gasteiger partial charge is 0.251 e. The van der Waals surface area contributed by atoms with Gasteiger partial charge in [-0.15, -0.1) is 0 Å². The van der Waals surface area contributed by atoms with Crippen LogP contribution in [0.15, 0.2) is 18.2 Å². The number of anilines is 1. The number of carbonyl (C=O) groups excluding carboxylic acids is 1. The van der Waals surface area contributed by atoms with E-state index in [1.165, 1.54) is 0 Å². The second-order valence-electron chi connectivity index (χ2n) is 4.64. The first-order valence-corrected chi connectivity index (χ1v) is 5.73. The Bertz CT molecular complexity index is 382. The molecule has 1 aromatic rings. The second-order valence-corrected chi connectivity index (χ2v) is 4.64. The lowest BCUT2D eigenvalue weighted by molar-refractivity contribution is 0.0897. The van der Waals surface area contributed by atoms with E-state index in [1.807, 2.05) is 26.8 Å². The van der Waals surface area contributed by atoms with Crippen molar-refractivity contribution in [2.24, 2.45) is 5.92 Å². The normalized spacial score (nSPS) is 12.5. The van der Waals surface area contributed by atoms with Gasteiger partial charge < -0.3 is 16.2 Å². The standard InChI is InChI=1S/C13H20N2O2/c1-8(2)12(7-16)15-13(17)10-4-9(3)5-11(14)6-10/h4-6,8,12,16H,7,14H2,1-3H3,(H,15,17). The number of carbonyl (C=O) groups is 1. The van der Waals surface area contributed by atoms with Crippen LogP contribution in [-0.4, -0.2) is 23.7 Å². The molecule has 0 heterocycles. The van der Waals surface area contributed by atoms with Crippen molar-refractivity contribution < 1.29 is 9.90 Å². The summed E-state index contributed by atoms with van der Waals surface area (Å²) in [5.41, 5.74) is 7.73. The molecule has 4 nitrogen and oxygen atoms in total. The minimum atomic E-state index is -0.232. The van der Waals surface area contributed by atoms with Gasteiger partial charge in [0.15, 0.2) is 0 Å². The Morgan fingerprint density at radius 2 is 2.06 bits per heavy atom. The minimum absolute atomic E-state index is 0.0648. The SMILES string of the molecule is Cc1cc(N)cc(C(=O)NC(CO)C(C)C)c1. The highest BCUT2D eigenvalue weighted by Gasteiger charge is 2.16. The Hall–Kier alpha value is -1.55. The number of nitrogens with one attached hydrogen (secondary N) is 1. The average Bonchev–Trinajstić information content (AvgIpc) is 2.23. The maximum atomic E-state index is 11.9. The molecule has 1 atom stereocenters. The second kappa shape index (κ2) is 5.68. The van der Waals surface area contributed by atoms with Crippen molar-refractivity contribution in [2.45, 2.75) is 26.8 Å². The molecule has 1 rings (SSSR count). The van der Waals surface area contributed by atoms with Gasteiger partial charge >= 0.3 is 0 Å². The van der Waals surface area contributed by atoms with Crippen LogP contribution in [0.2, 0.25) is 0 Å². The molecule has 0 fully saturated rings. The summed E-state index contributed by atoms with van der Waals surface area (Å²) >= 11 is 0. The molecule has 0 aromatic heterocycles. The highest BCUT2D eigenvalue weighted by molar-refractivity contribution is 5.95. The molecule has 0 aliphatic heterocycles. The van der Waals surface area contributed by atoms with Crippen LogP contribution in [0.4, 0.5) is 5.69 Å². The number of nitrogens with two attached hydrogens (primary N) is 1. The lowest BCUT2D eigenvalue weighted by Crippen LogP contribution is -2.41. The molecule has 17 heavy (non-hydrogen) atoms. The van der Waals surface area contributed by atoms with Crippen molar-refractivity contribution in [1.29, 1.82) is 0 Å². The minimum Gasteiger partial charge on any atom is -0.399 e. The summed E-state index contributed by atoms with van der Waals surface area (Å²) < 4.78 is 0. The molecular formula is C13H20N2O2. The zero-order chi connectivity index (χ0) is 13.0. The van der Waals surface area contributed by atoms with Crippen molar-refractivity contribution in [3.8, 4) is 0 Å². The number of amides is 1. The molecule has 0 radical (unpaired) electrons. The van der Waals surface area contributed by atoms with Crippen molar-refractivity contribution in [2.75, 3.05) is 12.3 Å². The third kappa shape index (κ3) is 3.75. The number of rotatable bonds is 4. The van der Waals surface area contributed by atoms with Gasteiger partial charge in [0.25, 0.3) is 5.91 Å². The van der Waals surface area contributed by atoms with Gasteiger partial charge in [0.1, 0.15) is 0 Å². The van der Waals surface area contributed by atoms with Gasteiger partial charge in [-0.1, -0.05) is 13.8 Å². The van der Waals surface area contributed by atoms with Gasteiger partial charge in [-0.25, -0.2) is 0 Å². The van der Waals surface area contributed by atoms with Crippen molar-refractivity contribution >= 4 is 11.6 Å². The zero-order valence-corrected chi connectivity index (χ0v) is 10.5. The van der Waals surface area contributed by atoms with E-state index in [9.17, 15) is 4.79 Å². The molecule has 94 valence electrons. The van der Waals surface area contributed by atoms with Crippen LogP contribution >= 0.6 is 0 Å². The maximum absolute atomic E-state index is 11.9. The lowest BCUT2D eigenvalue weighted by Gasteiger charge is -2.20. The molecule has 1 aromatic carbocycles. The third-order valence-corrected chi connectivity index (χ3v) is 2.68. The molecule has 0 spiro atoms. The molecular weight excluding hydrogens is 216 g/mol. The molecule has 1 unspecified atom stereocenters. The van der Waals surface area contributed by atoms with Gasteiger partial charge in [0.05, 0.1) is 12.6 Å². The van der Waals surface area contributed by atoms with Gasteiger partial charge in [-0.2, -0.15) is 0 Å². The Kier molecular flexibility index (Phi) is 4.52. The Labute approximate surface area is 102 Å². The summed E-state index contributed by atoms with van der Waals surface area (Å²) in [4.78, 5) is 11.9. The summed E-state index contributed by atoms with van der Waals surface area (Å²) in [6.07, 6.45) is 0. The Balaban J connectivity index is 2.82. The fourth-order valence-corrected chi connectivity index (χ4v) is 1.62. The number of aryl methyl sites for hydroxylation is 1. The van der Waals surface area contributed by atoms with Crippen LogP contribution in [0.1, 0.15) is 29.8 Å². The quantitative estimate of drug-likeness (QED) is 0.690. The molecule has 0 aliphatic rings. The Morgan fingerprint density at radius 1 is 1.41 bits per heavy atom. The van der Waals surface area contributed by atoms with E-state index in [-0.39, 0.29) is 24.5 Å². The van der Waals surface area contributed by atoms with Gasteiger partial charge in [-0.05, 0) is 36.6 Å². The number of nitrogen functional groups attached to an aromatic ring is 1. The largest absolute Gasteiger partial charge is 0.399 e. The maximum Gasteiger partial charge on any atom is 0.251 e. The predicted octanol–water partition coefficient (Wildman–Crippen LogP) is 1.32. The number of benzene rings is 1. The van der Waals surface area contributed by atoms with Gasteiger partial charge in [0, 0.05) is 11.3 Å². The summed E-state index contributed by atoms with van der Waals surface area (Å²) in [5, 5.41) is 12.0. The van der Waals surface area contributed by atoms with Crippen LogP contribution in [0.5, 0.6) is 0 Å². The molecule has 1 amide bonds. The highest BCUT2D eigenvalue weighted by atomic mass is 16.3. The van der Waals surface area contributed by atoms with E-state index in [0.29, 0.717) is 11.3 Å². The predicted molar refractivity (Wildman–Crippen MR) is 68.8 cm³/mol. The fraction of sp³-hybridized carbons (Fsp3) is 0.462. The van der Waals surface area contributed by atoms with Crippen LogP contribution in [0.25, 0.3) is 0 Å². The number of hydrogen-bond acceptors (Lipinski definition) is 3. The number of aliphatic hydroxyl groups excluding tert-OH is 1. The van der Waals surface area contributed by atoms with E-state index in [2.05, 4.69) is 5.32 Å². The van der Waals surface area contributed by atoms with Crippen LogP contribution in [-0.2, 0) is 0 Å².